The molecule has 1 amide bonds. The Morgan fingerprint density at radius 3 is 2.46 bits per heavy atom. The molecule has 0 spiro atoms. The number of hydrogen-bond donors (Lipinski definition) is 1. The first-order valence-electron chi connectivity index (χ1n) is 11.2. The molecule has 2 aromatic carbocycles. The smallest absolute Gasteiger partial charge is 0.246 e. The van der Waals surface area contributed by atoms with Crippen molar-refractivity contribution in [2.24, 2.45) is 5.92 Å². The molecule has 0 aromatic heterocycles. The summed E-state index contributed by atoms with van der Waals surface area (Å²) < 4.78 is 59.0. The third-order valence-electron chi connectivity index (χ3n) is 5.75. The molecule has 0 bridgehead atoms. The summed E-state index contributed by atoms with van der Waals surface area (Å²) in [6, 6.07) is 10.7. The molecule has 1 N–H and O–H groups in total. The van der Waals surface area contributed by atoms with Gasteiger partial charge >= 0.3 is 0 Å². The van der Waals surface area contributed by atoms with Gasteiger partial charge in [-0.25, -0.2) is 21.1 Å². The van der Waals surface area contributed by atoms with E-state index < -0.39 is 26.0 Å². The maximum Gasteiger partial charge on any atom is 0.246 e. The van der Waals surface area contributed by atoms with Crippen LogP contribution in [0.25, 0.3) is 0 Å². The molecule has 1 fully saturated rings. The van der Waals surface area contributed by atoms with Gasteiger partial charge in [0.15, 0.2) is 0 Å². The fourth-order valence-corrected chi connectivity index (χ4v) is 6.62. The van der Waals surface area contributed by atoms with Crippen LogP contribution in [-0.2, 0) is 31.4 Å². The van der Waals surface area contributed by atoms with Crippen molar-refractivity contribution in [3.05, 3.63) is 53.1 Å². The van der Waals surface area contributed by atoms with Crippen LogP contribution >= 0.6 is 11.6 Å². The molecule has 0 unspecified atom stereocenters. The number of sulfonamides is 2. The van der Waals surface area contributed by atoms with E-state index in [9.17, 15) is 21.6 Å². The first-order valence-corrected chi connectivity index (χ1v) is 14.4. The van der Waals surface area contributed by atoms with Gasteiger partial charge in [-0.3, -0.25) is 4.79 Å². The van der Waals surface area contributed by atoms with Crippen LogP contribution in [0.5, 0.6) is 5.75 Å². The molecule has 2 aromatic rings. The van der Waals surface area contributed by atoms with Crippen molar-refractivity contribution in [3.63, 3.8) is 0 Å². The average Bonchev–Trinajstić information content (AvgIpc) is 2.84. The zero-order valence-corrected chi connectivity index (χ0v) is 22.3. The van der Waals surface area contributed by atoms with Gasteiger partial charge in [0, 0.05) is 38.8 Å². The summed E-state index contributed by atoms with van der Waals surface area (Å²) in [4.78, 5) is 13.0. The summed E-state index contributed by atoms with van der Waals surface area (Å²) in [5, 5.41) is 3.12. The molecule has 9 nitrogen and oxygen atoms in total. The highest BCUT2D eigenvalue weighted by Gasteiger charge is 2.35. The maximum absolute atomic E-state index is 13.3. The summed E-state index contributed by atoms with van der Waals surface area (Å²) in [5.41, 5.74) is 0.733. The monoisotopic (exact) mass is 543 g/mol. The van der Waals surface area contributed by atoms with E-state index in [4.69, 9.17) is 16.3 Å². The predicted octanol–water partition coefficient (Wildman–Crippen LogP) is 2.71. The van der Waals surface area contributed by atoms with Gasteiger partial charge in [0.25, 0.3) is 0 Å². The Kier molecular flexibility index (Phi) is 8.81. The summed E-state index contributed by atoms with van der Waals surface area (Å²) in [7, 11) is -4.52. The van der Waals surface area contributed by atoms with Crippen molar-refractivity contribution < 1.29 is 26.4 Å². The standard InChI is InChI=1S/C23H30ClN3O6S2/c1-4-33-21-12-9-19(24)14-22(21)35(31,32)27-13-5-6-18(16-27)23(28)25-15-17-7-10-20(11-8-17)34(29,30)26(2)3/h7-12,14,18H,4-6,13,15-16H2,1-3H3,(H,25,28)/t18-/m0/s1. The molecule has 12 heteroatoms. The van der Waals surface area contributed by atoms with Crippen molar-refractivity contribution in [1.29, 1.82) is 0 Å². The Hall–Kier alpha value is -2.18. The molecule has 3 rings (SSSR count). The van der Waals surface area contributed by atoms with Crippen LogP contribution in [-0.4, -0.2) is 65.1 Å². The predicted molar refractivity (Wildman–Crippen MR) is 133 cm³/mol. The Labute approximate surface area is 212 Å². The van der Waals surface area contributed by atoms with E-state index in [-0.39, 0.29) is 39.6 Å². The van der Waals surface area contributed by atoms with E-state index in [1.54, 1.807) is 25.1 Å². The summed E-state index contributed by atoms with van der Waals surface area (Å²) in [6.07, 6.45) is 1.10. The first kappa shape index (κ1) is 27.4. The van der Waals surface area contributed by atoms with Crippen LogP contribution < -0.4 is 10.1 Å². The number of amides is 1. The number of rotatable bonds is 9. The second-order valence-corrected chi connectivity index (χ2v) is 12.9. The summed E-state index contributed by atoms with van der Waals surface area (Å²) in [5.74, 6) is -0.545. The SMILES string of the molecule is CCOc1ccc(Cl)cc1S(=O)(=O)N1CCC[C@H](C(=O)NCc2ccc(S(=O)(=O)N(C)C)cc2)C1. The number of hydrogen-bond acceptors (Lipinski definition) is 6. The molecule has 192 valence electrons. The fourth-order valence-electron chi connectivity index (χ4n) is 3.80. The topological polar surface area (TPSA) is 113 Å². The van der Waals surface area contributed by atoms with Gasteiger partial charge in [-0.2, -0.15) is 4.31 Å². The number of nitrogens with zero attached hydrogens (tertiary/aromatic N) is 2. The summed E-state index contributed by atoms with van der Waals surface area (Å²) >= 11 is 6.05. The van der Waals surface area contributed by atoms with Gasteiger partial charge in [0.05, 0.1) is 17.4 Å². The molecule has 35 heavy (non-hydrogen) atoms. The van der Waals surface area contributed by atoms with Crippen LogP contribution in [0.2, 0.25) is 5.02 Å². The van der Waals surface area contributed by atoms with Crippen molar-refractivity contribution in [2.45, 2.75) is 36.1 Å². The molecule has 1 aliphatic heterocycles. The van der Waals surface area contributed by atoms with Gasteiger partial charge in [-0.15, -0.1) is 0 Å². The Balaban J connectivity index is 1.67. The van der Waals surface area contributed by atoms with Gasteiger partial charge < -0.3 is 10.1 Å². The quantitative estimate of drug-likeness (QED) is 0.520. The van der Waals surface area contributed by atoms with E-state index in [0.29, 0.717) is 26.0 Å². The van der Waals surface area contributed by atoms with E-state index in [1.165, 1.54) is 42.7 Å². The minimum atomic E-state index is -3.91. The molecule has 0 radical (unpaired) electrons. The van der Waals surface area contributed by atoms with Crippen LogP contribution in [0, 0.1) is 5.92 Å². The molecule has 1 saturated heterocycles. The van der Waals surface area contributed by atoms with Crippen LogP contribution in [0.3, 0.4) is 0 Å². The zero-order chi connectivity index (χ0) is 25.8. The minimum absolute atomic E-state index is 0.0133. The van der Waals surface area contributed by atoms with Crippen molar-refractivity contribution in [3.8, 4) is 5.75 Å². The molecular formula is C23H30ClN3O6S2. The number of ether oxygens (including phenoxy) is 1. The highest BCUT2D eigenvalue weighted by atomic mass is 35.5. The largest absolute Gasteiger partial charge is 0.492 e. The van der Waals surface area contributed by atoms with Gasteiger partial charge in [-0.05, 0) is 55.7 Å². The highest BCUT2D eigenvalue weighted by Crippen LogP contribution is 2.32. The lowest BCUT2D eigenvalue weighted by molar-refractivity contribution is -0.126. The lowest BCUT2D eigenvalue weighted by atomic mass is 9.99. The fraction of sp³-hybridized carbons (Fsp3) is 0.435. The Morgan fingerprint density at radius 2 is 1.83 bits per heavy atom. The Morgan fingerprint density at radius 1 is 1.14 bits per heavy atom. The molecule has 0 aliphatic carbocycles. The van der Waals surface area contributed by atoms with E-state index >= 15 is 0 Å². The van der Waals surface area contributed by atoms with Crippen molar-refractivity contribution in [1.82, 2.24) is 13.9 Å². The number of piperidine rings is 1. The van der Waals surface area contributed by atoms with Crippen LogP contribution in [0.15, 0.2) is 52.3 Å². The number of carbonyl (C=O) groups is 1. The molecule has 1 heterocycles. The van der Waals surface area contributed by atoms with Gasteiger partial charge in [0.1, 0.15) is 10.6 Å². The van der Waals surface area contributed by atoms with Crippen LogP contribution in [0.4, 0.5) is 0 Å². The average molecular weight is 544 g/mol. The summed E-state index contributed by atoms with van der Waals surface area (Å²) in [6.45, 7) is 2.61. The molecule has 0 saturated carbocycles. The molecule has 1 atom stereocenters. The van der Waals surface area contributed by atoms with E-state index in [2.05, 4.69) is 5.32 Å². The number of halogens is 1. The minimum Gasteiger partial charge on any atom is -0.492 e. The third-order valence-corrected chi connectivity index (χ3v) is 9.70. The number of benzene rings is 2. The maximum atomic E-state index is 13.3. The van der Waals surface area contributed by atoms with E-state index in [1.807, 2.05) is 0 Å². The second-order valence-electron chi connectivity index (χ2n) is 8.38. The highest BCUT2D eigenvalue weighted by molar-refractivity contribution is 7.89. The zero-order valence-electron chi connectivity index (χ0n) is 19.9. The molecular weight excluding hydrogens is 514 g/mol. The van der Waals surface area contributed by atoms with Crippen LogP contribution in [0.1, 0.15) is 25.3 Å². The van der Waals surface area contributed by atoms with Gasteiger partial charge in [0.2, 0.25) is 26.0 Å². The number of nitrogens with one attached hydrogen (secondary N) is 1. The first-order chi connectivity index (χ1) is 16.5. The lowest BCUT2D eigenvalue weighted by Crippen LogP contribution is -2.45. The molecule has 1 aliphatic rings. The Bertz CT molecular complexity index is 1260. The number of carbonyl (C=O) groups excluding carboxylic acids is 1. The van der Waals surface area contributed by atoms with Crippen molar-refractivity contribution >= 4 is 37.6 Å². The normalized spacial score (nSPS) is 17.3. The second kappa shape index (κ2) is 11.3. The van der Waals surface area contributed by atoms with Crippen molar-refractivity contribution in [2.75, 3.05) is 33.8 Å². The lowest BCUT2D eigenvalue weighted by Gasteiger charge is -2.31. The third kappa shape index (κ3) is 6.34. The van der Waals surface area contributed by atoms with E-state index in [0.717, 1.165) is 9.87 Å². The van der Waals surface area contributed by atoms with Gasteiger partial charge in [-0.1, -0.05) is 23.7 Å².